The summed E-state index contributed by atoms with van der Waals surface area (Å²) < 4.78 is 0. The highest BCUT2D eigenvalue weighted by molar-refractivity contribution is 5.91. The monoisotopic (exact) mass is 302 g/mol. The summed E-state index contributed by atoms with van der Waals surface area (Å²) in [5.74, 6) is 0.409. The minimum atomic E-state index is 0.315. The third kappa shape index (κ3) is 6.73. The lowest BCUT2D eigenvalue weighted by Gasteiger charge is -2.20. The van der Waals surface area contributed by atoms with Gasteiger partial charge in [-0.1, -0.05) is 32.9 Å². The van der Waals surface area contributed by atoms with Crippen molar-refractivity contribution in [3.63, 3.8) is 0 Å². The minimum absolute atomic E-state index is 0.315. The Hall–Kier alpha value is -1.86. The summed E-state index contributed by atoms with van der Waals surface area (Å²) >= 11 is 0. The lowest BCUT2D eigenvalue weighted by atomic mass is 9.98. The molecule has 122 valence electrons. The highest BCUT2D eigenvalue weighted by atomic mass is 14.9. The molecule has 0 aromatic carbocycles. The van der Waals surface area contributed by atoms with Gasteiger partial charge in [0.25, 0.3) is 0 Å². The molecular formula is C18H30N4. The summed E-state index contributed by atoms with van der Waals surface area (Å²) in [5, 5.41) is 12.2. The first-order chi connectivity index (χ1) is 10.4. The fourth-order valence-corrected chi connectivity index (χ4v) is 2.12. The van der Waals surface area contributed by atoms with E-state index in [9.17, 15) is 0 Å². The maximum absolute atomic E-state index is 8.92. The predicted octanol–water partition coefficient (Wildman–Crippen LogP) is 3.34. The Morgan fingerprint density at radius 1 is 1.41 bits per heavy atom. The lowest BCUT2D eigenvalue weighted by Crippen LogP contribution is -2.36. The van der Waals surface area contributed by atoms with Crippen molar-refractivity contribution in [1.29, 1.82) is 5.26 Å². The van der Waals surface area contributed by atoms with E-state index >= 15 is 0 Å². The van der Waals surface area contributed by atoms with Crippen LogP contribution in [0, 0.1) is 17.2 Å². The van der Waals surface area contributed by atoms with Gasteiger partial charge in [0.2, 0.25) is 0 Å². The van der Waals surface area contributed by atoms with E-state index in [-0.39, 0.29) is 0 Å². The smallest absolute Gasteiger partial charge is 0.0988 e. The number of nitriles is 1. The molecule has 0 aromatic rings. The van der Waals surface area contributed by atoms with Crippen LogP contribution >= 0.6 is 0 Å². The molecule has 1 unspecified atom stereocenters. The molecule has 0 aromatic heterocycles. The predicted molar refractivity (Wildman–Crippen MR) is 95.7 cm³/mol. The largest absolute Gasteiger partial charge is 0.398 e. The van der Waals surface area contributed by atoms with E-state index in [4.69, 9.17) is 16.0 Å². The fraction of sp³-hybridized carbons (Fsp3) is 0.556. The minimum Gasteiger partial charge on any atom is -0.398 e. The zero-order valence-corrected chi connectivity index (χ0v) is 14.8. The summed E-state index contributed by atoms with van der Waals surface area (Å²) in [6, 6.07) is 2.41. The molecule has 4 nitrogen and oxygen atoms in total. The van der Waals surface area contributed by atoms with Crippen molar-refractivity contribution in [2.24, 2.45) is 16.6 Å². The van der Waals surface area contributed by atoms with Crippen LogP contribution in [0.3, 0.4) is 0 Å². The number of nitrogens with one attached hydrogen (secondary N) is 1. The zero-order valence-electron chi connectivity index (χ0n) is 14.8. The van der Waals surface area contributed by atoms with Crippen molar-refractivity contribution in [2.75, 3.05) is 13.6 Å². The summed E-state index contributed by atoms with van der Waals surface area (Å²) in [6.45, 7) is 10.8. The maximum Gasteiger partial charge on any atom is 0.0988 e. The fourth-order valence-electron chi connectivity index (χ4n) is 2.12. The Bertz CT molecular complexity index is 498. The van der Waals surface area contributed by atoms with E-state index in [2.05, 4.69) is 32.2 Å². The van der Waals surface area contributed by atoms with E-state index in [0.29, 0.717) is 29.8 Å². The van der Waals surface area contributed by atoms with Gasteiger partial charge in [0, 0.05) is 23.0 Å². The average molecular weight is 302 g/mol. The summed E-state index contributed by atoms with van der Waals surface area (Å²) in [6.07, 6.45) is 6.46. The van der Waals surface area contributed by atoms with Crippen LogP contribution in [0.1, 0.15) is 41.0 Å². The number of allylic oxidation sites excluding steroid dienone is 4. The van der Waals surface area contributed by atoms with Crippen LogP contribution < -0.4 is 11.1 Å². The maximum atomic E-state index is 8.92. The van der Waals surface area contributed by atoms with Gasteiger partial charge in [0.1, 0.15) is 0 Å². The van der Waals surface area contributed by atoms with Crippen molar-refractivity contribution in [3.05, 3.63) is 35.1 Å². The average Bonchev–Trinajstić information content (AvgIpc) is 2.51. The first kappa shape index (κ1) is 20.1. The second-order valence-electron chi connectivity index (χ2n) is 5.51. The number of aliphatic imine (C=N–C) groups is 1. The molecule has 0 aliphatic rings. The Balaban J connectivity index is 5.09. The van der Waals surface area contributed by atoms with Crippen molar-refractivity contribution < 1.29 is 0 Å². The van der Waals surface area contributed by atoms with Crippen LogP contribution in [0.15, 0.2) is 40.1 Å². The first-order valence-electron chi connectivity index (χ1n) is 7.83. The molecule has 0 saturated carbocycles. The molecule has 0 heterocycles. The molecule has 4 heteroatoms. The molecule has 0 saturated heterocycles. The van der Waals surface area contributed by atoms with Gasteiger partial charge in [-0.3, -0.25) is 4.99 Å². The number of hydrogen-bond donors (Lipinski definition) is 2. The number of nitrogens with zero attached hydrogens (tertiary/aromatic N) is 2. The molecule has 0 radical (unpaired) electrons. The third-order valence-corrected chi connectivity index (χ3v) is 3.58. The van der Waals surface area contributed by atoms with Gasteiger partial charge >= 0.3 is 0 Å². The highest BCUT2D eigenvalue weighted by Crippen LogP contribution is 2.09. The van der Waals surface area contributed by atoms with E-state index in [1.807, 2.05) is 27.0 Å². The Kier molecular flexibility index (Phi) is 9.89. The van der Waals surface area contributed by atoms with Gasteiger partial charge in [-0.05, 0) is 44.9 Å². The second-order valence-corrected chi connectivity index (χ2v) is 5.51. The van der Waals surface area contributed by atoms with Crippen molar-refractivity contribution in [1.82, 2.24) is 5.32 Å². The van der Waals surface area contributed by atoms with E-state index in [1.165, 1.54) is 5.71 Å². The topological polar surface area (TPSA) is 74.2 Å². The van der Waals surface area contributed by atoms with Gasteiger partial charge in [-0.15, -0.1) is 0 Å². The molecule has 0 rings (SSSR count). The molecule has 3 N–H and O–H groups in total. The summed E-state index contributed by atoms with van der Waals surface area (Å²) in [5.41, 5.74) is 9.30. The third-order valence-electron chi connectivity index (χ3n) is 3.58. The second kappa shape index (κ2) is 10.8. The zero-order chi connectivity index (χ0) is 17.1. The van der Waals surface area contributed by atoms with Gasteiger partial charge in [0.05, 0.1) is 12.6 Å². The van der Waals surface area contributed by atoms with Crippen LogP contribution in [-0.2, 0) is 0 Å². The van der Waals surface area contributed by atoms with E-state index in [0.717, 1.165) is 12.0 Å². The van der Waals surface area contributed by atoms with E-state index < -0.39 is 0 Å². The van der Waals surface area contributed by atoms with Crippen LogP contribution in [-0.4, -0.2) is 25.3 Å². The van der Waals surface area contributed by atoms with E-state index in [1.54, 1.807) is 12.2 Å². The van der Waals surface area contributed by atoms with Crippen molar-refractivity contribution in [3.8, 4) is 6.07 Å². The van der Waals surface area contributed by atoms with Gasteiger partial charge in [0.15, 0.2) is 0 Å². The molecule has 22 heavy (non-hydrogen) atoms. The lowest BCUT2D eigenvalue weighted by molar-refractivity contribution is 0.642. The van der Waals surface area contributed by atoms with Crippen LogP contribution in [0.5, 0.6) is 0 Å². The van der Waals surface area contributed by atoms with Crippen LogP contribution in [0.4, 0.5) is 0 Å². The first-order valence-corrected chi connectivity index (χ1v) is 7.83. The SMILES string of the molecule is C\C=C(C#N)/C=C(N)\C(C)=C\C/N=C(\C(C)C)C(CC)NC. The Morgan fingerprint density at radius 2 is 2.05 bits per heavy atom. The normalized spacial score (nSPS) is 15.9. The molecule has 0 spiro atoms. The molecule has 0 fully saturated rings. The molecule has 0 amide bonds. The number of nitrogens with two attached hydrogens (primary N) is 1. The van der Waals surface area contributed by atoms with Crippen molar-refractivity contribution in [2.45, 2.75) is 47.1 Å². The Labute approximate surface area is 135 Å². The quantitative estimate of drug-likeness (QED) is 0.410. The summed E-state index contributed by atoms with van der Waals surface area (Å²) in [7, 11) is 1.97. The highest BCUT2D eigenvalue weighted by Gasteiger charge is 2.14. The molecule has 0 aliphatic carbocycles. The molecule has 1 atom stereocenters. The Morgan fingerprint density at radius 3 is 2.45 bits per heavy atom. The van der Waals surface area contributed by atoms with Crippen molar-refractivity contribution >= 4 is 5.71 Å². The molecule has 0 aliphatic heterocycles. The number of hydrogen-bond acceptors (Lipinski definition) is 4. The van der Waals surface area contributed by atoms with Gasteiger partial charge in [-0.2, -0.15) is 5.26 Å². The molecular weight excluding hydrogens is 272 g/mol. The van der Waals surface area contributed by atoms with Gasteiger partial charge in [-0.25, -0.2) is 0 Å². The molecule has 0 bridgehead atoms. The standard InChI is InChI=1S/C18H30N4/c1-7-15(12-19)11-16(20)14(5)9-10-22-18(13(3)4)17(8-2)21-6/h7,9,11,13,17,21H,8,10,20H2,1-6H3/b14-9+,15-7+,16-11+,22-18+. The van der Waals surface area contributed by atoms with Crippen LogP contribution in [0.2, 0.25) is 0 Å². The summed E-state index contributed by atoms with van der Waals surface area (Å²) in [4.78, 5) is 4.72. The van der Waals surface area contributed by atoms with Crippen LogP contribution in [0.25, 0.3) is 0 Å². The van der Waals surface area contributed by atoms with Gasteiger partial charge < -0.3 is 11.1 Å². The number of rotatable bonds is 8.